The monoisotopic (exact) mass is 412 g/mol. The minimum Gasteiger partial charge on any atom is -0.396 e. The molecule has 3 heteroatoms. The van der Waals surface area contributed by atoms with Crippen molar-refractivity contribution in [1.29, 1.82) is 0 Å². The SMILES string of the molecule is CCCCCOC(CCCCCCCCCCC/C=C/CCO)OCCCCC. The van der Waals surface area contributed by atoms with Gasteiger partial charge in [-0.25, -0.2) is 0 Å². The molecule has 0 saturated carbocycles. The molecule has 0 bridgehead atoms. The average molecular weight is 413 g/mol. The van der Waals surface area contributed by atoms with Gasteiger partial charge >= 0.3 is 0 Å². The van der Waals surface area contributed by atoms with E-state index in [2.05, 4.69) is 26.0 Å². The molecule has 1 N–H and O–H groups in total. The Bertz CT molecular complexity index is 305. The summed E-state index contributed by atoms with van der Waals surface area (Å²) < 4.78 is 12.0. The van der Waals surface area contributed by atoms with Crippen LogP contribution in [0.5, 0.6) is 0 Å². The molecule has 0 saturated heterocycles. The van der Waals surface area contributed by atoms with Crippen molar-refractivity contribution in [2.75, 3.05) is 19.8 Å². The minimum absolute atomic E-state index is 0.0233. The number of rotatable bonds is 24. The van der Waals surface area contributed by atoms with Gasteiger partial charge in [0, 0.05) is 19.8 Å². The summed E-state index contributed by atoms with van der Waals surface area (Å²) in [6.07, 6.45) is 26.7. The van der Waals surface area contributed by atoms with Crippen molar-refractivity contribution in [3.05, 3.63) is 12.2 Å². The van der Waals surface area contributed by atoms with Gasteiger partial charge in [0.2, 0.25) is 0 Å². The highest BCUT2D eigenvalue weighted by atomic mass is 16.7. The number of hydrogen-bond donors (Lipinski definition) is 1. The number of ether oxygens (including phenoxy) is 2. The summed E-state index contributed by atoms with van der Waals surface area (Å²) in [4.78, 5) is 0. The van der Waals surface area contributed by atoms with Gasteiger partial charge in [0.15, 0.2) is 6.29 Å². The third-order valence-corrected chi connectivity index (χ3v) is 5.38. The third-order valence-electron chi connectivity index (χ3n) is 5.38. The largest absolute Gasteiger partial charge is 0.396 e. The lowest BCUT2D eigenvalue weighted by Crippen LogP contribution is -2.19. The zero-order valence-electron chi connectivity index (χ0n) is 19.8. The number of aliphatic hydroxyl groups excluding tert-OH is 1. The fraction of sp³-hybridized carbons (Fsp3) is 0.923. The Balaban J connectivity index is 3.54. The van der Waals surface area contributed by atoms with Crippen LogP contribution >= 0.6 is 0 Å². The highest BCUT2D eigenvalue weighted by molar-refractivity contribution is 4.80. The molecular formula is C26H52O3. The summed E-state index contributed by atoms with van der Waals surface area (Å²) in [5.74, 6) is 0. The zero-order chi connectivity index (χ0) is 21.3. The lowest BCUT2D eigenvalue weighted by molar-refractivity contribution is -0.148. The van der Waals surface area contributed by atoms with E-state index in [1.165, 1.54) is 89.9 Å². The Morgan fingerprint density at radius 2 is 1.07 bits per heavy atom. The first-order chi connectivity index (χ1) is 14.3. The number of allylic oxidation sites excluding steroid dienone is 1. The number of unbranched alkanes of at least 4 members (excludes halogenated alkanes) is 13. The van der Waals surface area contributed by atoms with E-state index in [1.807, 2.05) is 0 Å². The Morgan fingerprint density at radius 1 is 0.586 bits per heavy atom. The quantitative estimate of drug-likeness (QED) is 0.0992. The average Bonchev–Trinajstić information content (AvgIpc) is 2.73. The van der Waals surface area contributed by atoms with Crippen LogP contribution in [0.15, 0.2) is 12.2 Å². The van der Waals surface area contributed by atoms with Gasteiger partial charge in [-0.05, 0) is 44.9 Å². The maximum absolute atomic E-state index is 8.71. The molecule has 0 aliphatic heterocycles. The molecule has 174 valence electrons. The molecular weight excluding hydrogens is 360 g/mol. The van der Waals surface area contributed by atoms with Crippen LogP contribution in [0, 0.1) is 0 Å². The van der Waals surface area contributed by atoms with E-state index in [0.29, 0.717) is 0 Å². The first-order valence-electron chi connectivity index (χ1n) is 12.8. The van der Waals surface area contributed by atoms with Crippen molar-refractivity contribution >= 4 is 0 Å². The summed E-state index contributed by atoms with van der Waals surface area (Å²) in [6, 6.07) is 0. The third kappa shape index (κ3) is 23.8. The van der Waals surface area contributed by atoms with Crippen LogP contribution in [0.1, 0.15) is 129 Å². The topological polar surface area (TPSA) is 38.7 Å². The molecule has 0 aromatic heterocycles. The molecule has 0 amide bonds. The fourth-order valence-corrected chi connectivity index (χ4v) is 3.47. The number of aliphatic hydroxyl groups is 1. The van der Waals surface area contributed by atoms with E-state index in [1.54, 1.807) is 0 Å². The second-order valence-electron chi connectivity index (χ2n) is 8.33. The Hall–Kier alpha value is -0.380. The van der Waals surface area contributed by atoms with E-state index in [4.69, 9.17) is 14.6 Å². The molecule has 0 unspecified atom stereocenters. The van der Waals surface area contributed by atoms with Gasteiger partial charge in [-0.1, -0.05) is 96.6 Å². The predicted molar refractivity (Wildman–Crippen MR) is 126 cm³/mol. The first-order valence-corrected chi connectivity index (χ1v) is 12.8. The normalized spacial score (nSPS) is 11.9. The lowest BCUT2D eigenvalue weighted by atomic mass is 10.1. The van der Waals surface area contributed by atoms with Crippen LogP contribution in [0.2, 0.25) is 0 Å². The van der Waals surface area contributed by atoms with Gasteiger partial charge in [-0.2, -0.15) is 0 Å². The van der Waals surface area contributed by atoms with E-state index in [-0.39, 0.29) is 12.9 Å². The molecule has 0 aromatic rings. The molecule has 0 aliphatic rings. The second kappa shape index (κ2) is 25.7. The fourth-order valence-electron chi connectivity index (χ4n) is 3.47. The zero-order valence-corrected chi connectivity index (χ0v) is 19.8. The molecule has 0 atom stereocenters. The summed E-state index contributed by atoms with van der Waals surface area (Å²) in [5, 5.41) is 8.71. The molecule has 0 aromatic carbocycles. The molecule has 3 nitrogen and oxygen atoms in total. The van der Waals surface area contributed by atoms with Gasteiger partial charge in [-0.15, -0.1) is 0 Å². The molecule has 0 fully saturated rings. The van der Waals surface area contributed by atoms with Gasteiger partial charge < -0.3 is 14.6 Å². The van der Waals surface area contributed by atoms with Gasteiger partial charge in [0.25, 0.3) is 0 Å². The molecule has 0 rings (SSSR count). The smallest absolute Gasteiger partial charge is 0.157 e. The van der Waals surface area contributed by atoms with Crippen molar-refractivity contribution < 1.29 is 14.6 Å². The van der Waals surface area contributed by atoms with Crippen LogP contribution in [-0.4, -0.2) is 31.2 Å². The highest BCUT2D eigenvalue weighted by Crippen LogP contribution is 2.14. The standard InChI is InChI=1S/C26H52O3/c1-3-5-20-24-28-26(29-25-21-6-4-2)22-18-16-14-12-10-8-7-9-11-13-15-17-19-23-27/h15,17,26-27H,3-14,16,18-25H2,1-2H3/b17-15+. The predicted octanol–water partition coefficient (Wildman–Crippen LogP) is 7.96. The van der Waals surface area contributed by atoms with Crippen molar-refractivity contribution in [1.82, 2.24) is 0 Å². The van der Waals surface area contributed by atoms with E-state index >= 15 is 0 Å². The molecule has 0 radical (unpaired) electrons. The first kappa shape index (κ1) is 28.6. The van der Waals surface area contributed by atoms with Crippen molar-refractivity contribution in [2.45, 2.75) is 136 Å². The molecule has 29 heavy (non-hydrogen) atoms. The molecule has 0 heterocycles. The lowest BCUT2D eigenvalue weighted by Gasteiger charge is -2.18. The van der Waals surface area contributed by atoms with Crippen LogP contribution < -0.4 is 0 Å². The summed E-state index contributed by atoms with van der Waals surface area (Å²) in [5.41, 5.74) is 0. The van der Waals surface area contributed by atoms with Crippen molar-refractivity contribution in [3.8, 4) is 0 Å². The summed E-state index contributed by atoms with van der Waals surface area (Å²) >= 11 is 0. The van der Waals surface area contributed by atoms with Gasteiger partial charge in [0.05, 0.1) is 0 Å². The van der Waals surface area contributed by atoms with Crippen LogP contribution in [0.25, 0.3) is 0 Å². The maximum atomic E-state index is 8.71. The van der Waals surface area contributed by atoms with Crippen molar-refractivity contribution in [2.24, 2.45) is 0 Å². The number of hydrogen-bond acceptors (Lipinski definition) is 3. The van der Waals surface area contributed by atoms with E-state index < -0.39 is 0 Å². The Labute approximate surface area is 182 Å². The van der Waals surface area contributed by atoms with Crippen LogP contribution in [0.4, 0.5) is 0 Å². The van der Waals surface area contributed by atoms with Crippen molar-refractivity contribution in [3.63, 3.8) is 0 Å². The van der Waals surface area contributed by atoms with Crippen LogP contribution in [-0.2, 0) is 9.47 Å². The summed E-state index contributed by atoms with van der Waals surface area (Å²) in [6.45, 7) is 6.44. The Morgan fingerprint density at radius 3 is 1.59 bits per heavy atom. The molecule has 0 aliphatic carbocycles. The van der Waals surface area contributed by atoms with Crippen LogP contribution in [0.3, 0.4) is 0 Å². The second-order valence-corrected chi connectivity index (χ2v) is 8.33. The maximum Gasteiger partial charge on any atom is 0.157 e. The van der Waals surface area contributed by atoms with E-state index in [0.717, 1.165) is 38.9 Å². The highest BCUT2D eigenvalue weighted by Gasteiger charge is 2.09. The Kier molecular flexibility index (Phi) is 25.3. The summed E-state index contributed by atoms with van der Waals surface area (Å²) in [7, 11) is 0. The van der Waals surface area contributed by atoms with E-state index in [9.17, 15) is 0 Å². The van der Waals surface area contributed by atoms with Gasteiger partial charge in [-0.3, -0.25) is 0 Å². The molecule has 0 spiro atoms. The minimum atomic E-state index is 0.0233. The van der Waals surface area contributed by atoms with Gasteiger partial charge in [0.1, 0.15) is 0 Å².